The zero-order chi connectivity index (χ0) is 14.7. The average Bonchev–Trinajstić information content (AvgIpc) is 2.42. The van der Waals surface area contributed by atoms with Gasteiger partial charge in [0.2, 0.25) is 0 Å². The van der Waals surface area contributed by atoms with Gasteiger partial charge in [-0.25, -0.2) is 0 Å². The van der Waals surface area contributed by atoms with E-state index in [0.29, 0.717) is 5.02 Å². The van der Waals surface area contributed by atoms with Gasteiger partial charge in [-0.1, -0.05) is 35.4 Å². The van der Waals surface area contributed by atoms with Gasteiger partial charge < -0.3 is 10.5 Å². The minimum atomic E-state index is -0.0979. The molecule has 2 N–H and O–H groups in total. The summed E-state index contributed by atoms with van der Waals surface area (Å²) in [6.45, 7) is 2.06. The molecule has 1 unspecified atom stereocenters. The Kier molecular flexibility index (Phi) is 5.08. The number of ether oxygens (including phenoxy) is 1. The van der Waals surface area contributed by atoms with E-state index in [1.54, 1.807) is 7.11 Å². The SMILES string of the molecule is COc1ccc(C)cc1CC(N)c1ccc(Cl)c(Br)c1. The molecule has 0 aromatic heterocycles. The average molecular weight is 355 g/mol. The lowest BCUT2D eigenvalue weighted by molar-refractivity contribution is 0.408. The summed E-state index contributed by atoms with van der Waals surface area (Å²) in [4.78, 5) is 0. The Morgan fingerprint density at radius 2 is 2.00 bits per heavy atom. The van der Waals surface area contributed by atoms with Gasteiger partial charge in [-0.15, -0.1) is 0 Å². The molecule has 2 aromatic rings. The van der Waals surface area contributed by atoms with Crippen molar-refractivity contribution in [3.05, 3.63) is 62.6 Å². The molecule has 0 bridgehead atoms. The van der Waals surface area contributed by atoms with Gasteiger partial charge >= 0.3 is 0 Å². The maximum Gasteiger partial charge on any atom is 0.122 e. The molecule has 2 rings (SSSR count). The van der Waals surface area contributed by atoms with Crippen molar-refractivity contribution in [3.63, 3.8) is 0 Å². The molecule has 0 aliphatic rings. The van der Waals surface area contributed by atoms with Crippen LogP contribution in [0.15, 0.2) is 40.9 Å². The zero-order valence-corrected chi connectivity index (χ0v) is 13.8. The second-order valence-corrected chi connectivity index (χ2v) is 6.06. The molecular formula is C16H17BrClNO. The summed E-state index contributed by atoms with van der Waals surface area (Å²) in [5, 5.41) is 0.689. The molecule has 0 aliphatic carbocycles. The number of hydrogen-bond acceptors (Lipinski definition) is 2. The maximum absolute atomic E-state index is 6.30. The molecule has 0 fully saturated rings. The number of halogens is 2. The summed E-state index contributed by atoms with van der Waals surface area (Å²) in [5.74, 6) is 0.874. The van der Waals surface area contributed by atoms with E-state index in [1.165, 1.54) is 5.56 Å². The van der Waals surface area contributed by atoms with Crippen LogP contribution in [0.4, 0.5) is 0 Å². The van der Waals surface area contributed by atoms with Crippen LogP contribution in [0.25, 0.3) is 0 Å². The van der Waals surface area contributed by atoms with Gasteiger partial charge in [0.1, 0.15) is 5.75 Å². The first-order valence-corrected chi connectivity index (χ1v) is 7.52. The molecule has 2 nitrogen and oxygen atoms in total. The second-order valence-electron chi connectivity index (χ2n) is 4.80. The zero-order valence-electron chi connectivity index (χ0n) is 11.5. The summed E-state index contributed by atoms with van der Waals surface area (Å²) < 4.78 is 6.26. The lowest BCUT2D eigenvalue weighted by Gasteiger charge is -2.16. The van der Waals surface area contributed by atoms with Gasteiger partial charge in [0.05, 0.1) is 12.1 Å². The number of hydrogen-bond donors (Lipinski definition) is 1. The summed E-state index contributed by atoms with van der Waals surface area (Å²) in [5.41, 5.74) is 9.66. The smallest absolute Gasteiger partial charge is 0.122 e. The third-order valence-corrected chi connectivity index (χ3v) is 4.46. The predicted octanol–water partition coefficient (Wildman–Crippen LogP) is 4.66. The molecule has 0 spiro atoms. The monoisotopic (exact) mass is 353 g/mol. The summed E-state index contributed by atoms with van der Waals surface area (Å²) in [6, 6.07) is 11.8. The van der Waals surface area contributed by atoms with E-state index < -0.39 is 0 Å². The highest BCUT2D eigenvalue weighted by Gasteiger charge is 2.12. The predicted molar refractivity (Wildman–Crippen MR) is 87.5 cm³/mol. The first kappa shape index (κ1) is 15.4. The van der Waals surface area contributed by atoms with Gasteiger partial charge in [0.15, 0.2) is 0 Å². The standard InChI is InChI=1S/C16H17BrClNO/c1-10-3-6-16(20-2)12(7-10)9-15(19)11-4-5-14(18)13(17)8-11/h3-8,15H,9,19H2,1-2H3. The Morgan fingerprint density at radius 1 is 1.25 bits per heavy atom. The van der Waals surface area contributed by atoms with E-state index in [9.17, 15) is 0 Å². The van der Waals surface area contributed by atoms with E-state index in [4.69, 9.17) is 22.1 Å². The summed E-state index contributed by atoms with van der Waals surface area (Å²) >= 11 is 9.43. The number of methoxy groups -OCH3 is 1. The largest absolute Gasteiger partial charge is 0.496 e. The highest BCUT2D eigenvalue weighted by Crippen LogP contribution is 2.29. The van der Waals surface area contributed by atoms with E-state index >= 15 is 0 Å². The molecule has 4 heteroatoms. The lowest BCUT2D eigenvalue weighted by atomic mass is 9.98. The fourth-order valence-corrected chi connectivity index (χ4v) is 2.68. The molecule has 20 heavy (non-hydrogen) atoms. The van der Waals surface area contributed by atoms with E-state index in [1.807, 2.05) is 30.3 Å². The van der Waals surface area contributed by atoms with E-state index in [0.717, 1.165) is 27.8 Å². The van der Waals surface area contributed by atoms with Crippen molar-refractivity contribution in [1.29, 1.82) is 0 Å². The van der Waals surface area contributed by atoms with E-state index in [-0.39, 0.29) is 6.04 Å². The van der Waals surface area contributed by atoms with E-state index in [2.05, 4.69) is 28.9 Å². The molecule has 0 heterocycles. The minimum absolute atomic E-state index is 0.0979. The number of nitrogens with two attached hydrogens (primary N) is 1. The Bertz CT molecular complexity index is 615. The van der Waals surface area contributed by atoms with Crippen molar-refractivity contribution in [2.24, 2.45) is 5.73 Å². The Balaban J connectivity index is 2.24. The molecule has 0 saturated heterocycles. The van der Waals surface area contributed by atoms with Gasteiger partial charge in [-0.05, 0) is 58.6 Å². The van der Waals surface area contributed by atoms with Gasteiger partial charge in [-0.3, -0.25) is 0 Å². The van der Waals surface area contributed by atoms with Crippen molar-refractivity contribution in [2.45, 2.75) is 19.4 Å². The number of benzene rings is 2. The van der Waals surface area contributed by atoms with Crippen LogP contribution in [0.5, 0.6) is 5.75 Å². The van der Waals surface area contributed by atoms with Crippen molar-refractivity contribution in [3.8, 4) is 5.75 Å². The van der Waals surface area contributed by atoms with Crippen LogP contribution < -0.4 is 10.5 Å². The van der Waals surface area contributed by atoms with Crippen LogP contribution in [0.2, 0.25) is 5.02 Å². The minimum Gasteiger partial charge on any atom is -0.496 e. The van der Waals surface area contributed by atoms with Crippen LogP contribution in [0.3, 0.4) is 0 Å². The second kappa shape index (κ2) is 6.61. The third kappa shape index (κ3) is 3.54. The highest BCUT2D eigenvalue weighted by atomic mass is 79.9. The van der Waals surface area contributed by atoms with Crippen LogP contribution in [-0.4, -0.2) is 7.11 Å². The number of rotatable bonds is 4. The Morgan fingerprint density at radius 3 is 2.65 bits per heavy atom. The molecule has 0 aliphatic heterocycles. The fourth-order valence-electron chi connectivity index (χ4n) is 2.16. The van der Waals surface area contributed by atoms with Gasteiger partial charge in [0.25, 0.3) is 0 Å². The van der Waals surface area contributed by atoms with Crippen LogP contribution in [0.1, 0.15) is 22.7 Å². The van der Waals surface area contributed by atoms with Gasteiger partial charge in [0, 0.05) is 10.5 Å². The van der Waals surface area contributed by atoms with Crippen LogP contribution in [0, 0.1) is 6.92 Å². The molecule has 2 aromatic carbocycles. The normalized spacial score (nSPS) is 12.2. The van der Waals surface area contributed by atoms with Crippen LogP contribution >= 0.6 is 27.5 Å². The fraction of sp³-hybridized carbons (Fsp3) is 0.250. The van der Waals surface area contributed by atoms with Crippen molar-refractivity contribution >= 4 is 27.5 Å². The van der Waals surface area contributed by atoms with Crippen molar-refractivity contribution in [1.82, 2.24) is 0 Å². The summed E-state index contributed by atoms with van der Waals surface area (Å²) in [6.07, 6.45) is 0.721. The highest BCUT2D eigenvalue weighted by molar-refractivity contribution is 9.10. The third-order valence-electron chi connectivity index (χ3n) is 3.25. The first-order valence-electron chi connectivity index (χ1n) is 6.35. The Labute approximate surface area is 133 Å². The molecule has 0 radical (unpaired) electrons. The van der Waals surface area contributed by atoms with Crippen molar-refractivity contribution < 1.29 is 4.74 Å². The molecule has 0 amide bonds. The maximum atomic E-state index is 6.30. The first-order chi connectivity index (χ1) is 9.51. The molecule has 106 valence electrons. The van der Waals surface area contributed by atoms with Crippen LogP contribution in [-0.2, 0) is 6.42 Å². The Hall–Kier alpha value is -1.03. The summed E-state index contributed by atoms with van der Waals surface area (Å²) in [7, 11) is 1.68. The topological polar surface area (TPSA) is 35.2 Å². The lowest BCUT2D eigenvalue weighted by Crippen LogP contribution is -2.14. The molecular weight excluding hydrogens is 338 g/mol. The number of aryl methyl sites for hydroxylation is 1. The molecule has 1 atom stereocenters. The van der Waals surface area contributed by atoms with Gasteiger partial charge in [-0.2, -0.15) is 0 Å². The van der Waals surface area contributed by atoms with Crippen molar-refractivity contribution in [2.75, 3.05) is 7.11 Å². The molecule has 0 saturated carbocycles. The quantitative estimate of drug-likeness (QED) is 0.866.